The molecule has 1 aromatic rings. The Kier molecular flexibility index (Phi) is 3.64. The van der Waals surface area contributed by atoms with Gasteiger partial charge in [-0.3, -0.25) is 4.79 Å². The van der Waals surface area contributed by atoms with Crippen molar-refractivity contribution in [3.8, 4) is 0 Å². The number of nitrogen functional groups attached to an aromatic ring is 1. The highest BCUT2D eigenvalue weighted by atomic mass is 32.2. The molecule has 1 amide bonds. The van der Waals surface area contributed by atoms with Crippen molar-refractivity contribution in [2.75, 3.05) is 29.6 Å². The van der Waals surface area contributed by atoms with Gasteiger partial charge >= 0.3 is 0 Å². The second-order valence-corrected chi connectivity index (χ2v) is 7.60. The summed E-state index contributed by atoms with van der Waals surface area (Å²) >= 11 is 0. The molecule has 1 aliphatic rings. The van der Waals surface area contributed by atoms with E-state index in [4.69, 9.17) is 5.73 Å². The molecule has 0 saturated carbocycles. The Balaban J connectivity index is 2.34. The molecule has 0 aliphatic carbocycles. The number of sulfone groups is 1. The summed E-state index contributed by atoms with van der Waals surface area (Å²) in [6, 6.07) is 4.92. The van der Waals surface area contributed by atoms with E-state index in [1.54, 1.807) is 25.2 Å². The Labute approximate surface area is 118 Å². The van der Waals surface area contributed by atoms with E-state index in [0.29, 0.717) is 23.4 Å². The topological polar surface area (TPSA) is 101 Å². The normalized spacial score (nSPS) is 24.3. The standard InChI is InChI=1S/C13H19N3O3S/c1-13(5-6-20(18,19)8-13)16-11-7-9(14)3-4-10(11)12(17)15-2/h3-4,7,16H,5-6,8,14H2,1-2H3,(H,15,17). The van der Waals surface area contributed by atoms with Crippen molar-refractivity contribution < 1.29 is 13.2 Å². The Morgan fingerprint density at radius 2 is 2.10 bits per heavy atom. The minimum atomic E-state index is -3.02. The van der Waals surface area contributed by atoms with Crippen molar-refractivity contribution in [2.24, 2.45) is 0 Å². The molecule has 1 aromatic carbocycles. The van der Waals surface area contributed by atoms with Crippen LogP contribution in [0.4, 0.5) is 11.4 Å². The summed E-state index contributed by atoms with van der Waals surface area (Å²) in [5.74, 6) is -0.0206. The number of rotatable bonds is 3. The predicted molar refractivity (Wildman–Crippen MR) is 79.5 cm³/mol. The average molecular weight is 297 g/mol. The van der Waals surface area contributed by atoms with E-state index < -0.39 is 15.4 Å². The fourth-order valence-electron chi connectivity index (χ4n) is 2.43. The quantitative estimate of drug-likeness (QED) is 0.710. The third-order valence-corrected chi connectivity index (χ3v) is 5.36. The molecule has 1 aliphatic heterocycles. The molecule has 4 N–H and O–H groups in total. The lowest BCUT2D eigenvalue weighted by Crippen LogP contribution is -2.37. The molecule has 1 atom stereocenters. The van der Waals surface area contributed by atoms with Crippen molar-refractivity contribution in [2.45, 2.75) is 18.9 Å². The molecule has 0 aromatic heterocycles. The number of hydrogen-bond donors (Lipinski definition) is 3. The highest BCUT2D eigenvalue weighted by Gasteiger charge is 2.38. The molecule has 2 rings (SSSR count). The van der Waals surface area contributed by atoms with Crippen molar-refractivity contribution in [1.29, 1.82) is 0 Å². The average Bonchev–Trinajstić information content (AvgIpc) is 2.62. The highest BCUT2D eigenvalue weighted by molar-refractivity contribution is 7.91. The first-order valence-electron chi connectivity index (χ1n) is 6.35. The summed E-state index contributed by atoms with van der Waals surface area (Å²) in [5, 5.41) is 5.73. The molecule has 1 saturated heterocycles. The number of nitrogens with one attached hydrogen (secondary N) is 2. The number of amides is 1. The van der Waals surface area contributed by atoms with Crippen molar-refractivity contribution in [1.82, 2.24) is 5.32 Å². The fourth-order valence-corrected chi connectivity index (χ4v) is 4.53. The van der Waals surface area contributed by atoms with Gasteiger partial charge in [0.2, 0.25) is 0 Å². The summed E-state index contributed by atoms with van der Waals surface area (Å²) < 4.78 is 23.3. The minimum Gasteiger partial charge on any atom is -0.399 e. The van der Waals surface area contributed by atoms with E-state index in [0.717, 1.165) is 0 Å². The Morgan fingerprint density at radius 3 is 2.65 bits per heavy atom. The summed E-state index contributed by atoms with van der Waals surface area (Å²) in [6.07, 6.45) is 0.511. The van der Waals surface area contributed by atoms with E-state index >= 15 is 0 Å². The Hall–Kier alpha value is -1.76. The van der Waals surface area contributed by atoms with Gasteiger partial charge in [0.1, 0.15) is 0 Å². The van der Waals surface area contributed by atoms with Crippen LogP contribution >= 0.6 is 0 Å². The zero-order chi connectivity index (χ0) is 15.0. The molecular weight excluding hydrogens is 278 g/mol. The van der Waals surface area contributed by atoms with Gasteiger partial charge in [0.25, 0.3) is 5.91 Å². The van der Waals surface area contributed by atoms with Gasteiger partial charge in [-0.25, -0.2) is 8.42 Å². The van der Waals surface area contributed by atoms with Crippen LogP contribution in [0, 0.1) is 0 Å². The van der Waals surface area contributed by atoms with E-state index in [9.17, 15) is 13.2 Å². The maximum atomic E-state index is 11.8. The van der Waals surface area contributed by atoms with Crippen LogP contribution < -0.4 is 16.4 Å². The molecule has 1 unspecified atom stereocenters. The molecular formula is C13H19N3O3S. The Morgan fingerprint density at radius 1 is 1.40 bits per heavy atom. The molecule has 20 heavy (non-hydrogen) atoms. The molecule has 7 heteroatoms. The van der Waals surface area contributed by atoms with Crippen molar-refractivity contribution in [3.63, 3.8) is 0 Å². The largest absolute Gasteiger partial charge is 0.399 e. The van der Waals surface area contributed by atoms with Crippen LogP contribution in [0.3, 0.4) is 0 Å². The summed E-state index contributed by atoms with van der Waals surface area (Å²) in [7, 11) is -1.47. The Bertz CT molecular complexity index is 642. The lowest BCUT2D eigenvalue weighted by molar-refractivity contribution is 0.0964. The molecule has 110 valence electrons. The van der Waals surface area contributed by atoms with Crippen molar-refractivity contribution >= 4 is 27.1 Å². The number of nitrogens with two attached hydrogens (primary N) is 1. The van der Waals surface area contributed by atoms with Gasteiger partial charge in [-0.15, -0.1) is 0 Å². The van der Waals surface area contributed by atoms with Gasteiger partial charge < -0.3 is 16.4 Å². The lowest BCUT2D eigenvalue weighted by atomic mass is 10.00. The molecule has 6 nitrogen and oxygen atoms in total. The minimum absolute atomic E-state index is 0.0575. The monoisotopic (exact) mass is 297 g/mol. The number of carbonyl (C=O) groups is 1. The first kappa shape index (κ1) is 14.6. The third-order valence-electron chi connectivity index (χ3n) is 3.46. The van der Waals surface area contributed by atoms with E-state index in [2.05, 4.69) is 10.6 Å². The maximum absolute atomic E-state index is 11.8. The van der Waals surface area contributed by atoms with Crippen LogP contribution in [0.1, 0.15) is 23.7 Å². The van der Waals surface area contributed by atoms with Crippen LogP contribution in [0.5, 0.6) is 0 Å². The van der Waals surface area contributed by atoms with Crippen molar-refractivity contribution in [3.05, 3.63) is 23.8 Å². The molecule has 0 spiro atoms. The highest BCUT2D eigenvalue weighted by Crippen LogP contribution is 2.30. The molecule has 0 radical (unpaired) electrons. The van der Waals surface area contributed by atoms with Gasteiger partial charge in [0, 0.05) is 24.0 Å². The zero-order valence-electron chi connectivity index (χ0n) is 11.6. The number of benzene rings is 1. The van der Waals surface area contributed by atoms with E-state index in [-0.39, 0.29) is 17.4 Å². The van der Waals surface area contributed by atoms with Crippen LogP contribution in [-0.2, 0) is 9.84 Å². The van der Waals surface area contributed by atoms with Gasteiger partial charge in [-0.2, -0.15) is 0 Å². The first-order chi connectivity index (χ1) is 9.25. The van der Waals surface area contributed by atoms with E-state index in [1.165, 1.54) is 0 Å². The summed E-state index contributed by atoms with van der Waals surface area (Å²) in [4.78, 5) is 11.8. The smallest absolute Gasteiger partial charge is 0.253 e. The van der Waals surface area contributed by atoms with Crippen LogP contribution in [0.25, 0.3) is 0 Å². The second-order valence-electron chi connectivity index (χ2n) is 5.41. The van der Waals surface area contributed by atoms with Crippen LogP contribution in [0.15, 0.2) is 18.2 Å². The SMILES string of the molecule is CNC(=O)c1ccc(N)cc1NC1(C)CCS(=O)(=O)C1. The third kappa shape index (κ3) is 3.04. The first-order valence-corrected chi connectivity index (χ1v) is 8.17. The fraction of sp³-hybridized carbons (Fsp3) is 0.462. The number of carbonyl (C=O) groups excluding carboxylic acids is 1. The predicted octanol–water partition coefficient (Wildman–Crippen LogP) is 0.617. The van der Waals surface area contributed by atoms with Crippen LogP contribution in [0.2, 0.25) is 0 Å². The summed E-state index contributed by atoms with van der Waals surface area (Å²) in [6.45, 7) is 1.84. The zero-order valence-corrected chi connectivity index (χ0v) is 12.4. The van der Waals surface area contributed by atoms with Gasteiger partial charge in [0.15, 0.2) is 9.84 Å². The molecule has 0 bridgehead atoms. The van der Waals surface area contributed by atoms with Crippen LogP contribution in [-0.4, -0.2) is 38.4 Å². The number of anilines is 2. The van der Waals surface area contributed by atoms with Gasteiger partial charge in [-0.1, -0.05) is 0 Å². The lowest BCUT2D eigenvalue weighted by Gasteiger charge is -2.26. The number of hydrogen-bond acceptors (Lipinski definition) is 5. The van der Waals surface area contributed by atoms with Gasteiger partial charge in [0.05, 0.1) is 17.1 Å². The molecule has 1 heterocycles. The van der Waals surface area contributed by atoms with E-state index in [1.807, 2.05) is 6.92 Å². The summed E-state index contributed by atoms with van der Waals surface area (Å²) in [5.41, 5.74) is 6.70. The molecule has 1 fully saturated rings. The second kappa shape index (κ2) is 4.97. The maximum Gasteiger partial charge on any atom is 0.253 e. The van der Waals surface area contributed by atoms with Gasteiger partial charge in [-0.05, 0) is 31.5 Å².